The molecule has 18 heavy (non-hydrogen) atoms. The molecular weight excluding hydrogens is 273 g/mol. The van der Waals surface area contributed by atoms with Crippen LogP contribution in [0.3, 0.4) is 0 Å². The number of nitrogens with zero attached hydrogens (tertiary/aromatic N) is 1. The smallest absolute Gasteiger partial charge is 0.337 e. The Hall–Kier alpha value is -0.770. The Morgan fingerprint density at radius 2 is 1.72 bits per heavy atom. The number of methoxy groups -OCH3 is 1. The highest BCUT2D eigenvalue weighted by molar-refractivity contribution is 6.18. The Bertz CT molecular complexity index is 362. The number of esters is 1. The Kier molecular flexibility index (Phi) is 7.09. The van der Waals surface area contributed by atoms with E-state index in [4.69, 9.17) is 23.2 Å². The van der Waals surface area contributed by atoms with E-state index >= 15 is 0 Å². The molecule has 0 aliphatic carbocycles. The van der Waals surface area contributed by atoms with E-state index in [0.717, 1.165) is 25.2 Å². The molecule has 0 atom stereocenters. The van der Waals surface area contributed by atoms with Crippen molar-refractivity contribution in [3.05, 3.63) is 35.4 Å². The van der Waals surface area contributed by atoms with E-state index in [9.17, 15) is 4.79 Å². The van der Waals surface area contributed by atoms with Crippen LogP contribution in [0.15, 0.2) is 24.3 Å². The Labute approximate surface area is 118 Å². The first-order valence-corrected chi connectivity index (χ1v) is 6.79. The minimum absolute atomic E-state index is 0.320. The third-order valence-corrected chi connectivity index (χ3v) is 2.92. The van der Waals surface area contributed by atoms with Crippen LogP contribution >= 0.6 is 23.2 Å². The van der Waals surface area contributed by atoms with Crippen LogP contribution in [0.5, 0.6) is 0 Å². The van der Waals surface area contributed by atoms with Crippen molar-refractivity contribution in [2.45, 2.75) is 6.54 Å². The normalized spacial score (nSPS) is 10.7. The van der Waals surface area contributed by atoms with Gasteiger partial charge in [0, 0.05) is 31.4 Å². The second-order valence-corrected chi connectivity index (χ2v) is 4.60. The number of rotatable bonds is 7. The summed E-state index contributed by atoms with van der Waals surface area (Å²) in [5, 5.41) is 0. The van der Waals surface area contributed by atoms with E-state index in [1.54, 1.807) is 12.1 Å². The summed E-state index contributed by atoms with van der Waals surface area (Å²) < 4.78 is 4.65. The highest BCUT2D eigenvalue weighted by atomic mass is 35.5. The summed E-state index contributed by atoms with van der Waals surface area (Å²) in [4.78, 5) is 13.5. The van der Waals surface area contributed by atoms with E-state index in [1.807, 2.05) is 12.1 Å². The van der Waals surface area contributed by atoms with Crippen LogP contribution in [0.4, 0.5) is 0 Å². The highest BCUT2D eigenvalue weighted by Crippen LogP contribution is 2.09. The summed E-state index contributed by atoms with van der Waals surface area (Å²) in [5.74, 6) is 0.841. The van der Waals surface area contributed by atoms with Gasteiger partial charge in [0.15, 0.2) is 0 Å². The van der Waals surface area contributed by atoms with Crippen molar-refractivity contribution >= 4 is 29.2 Å². The molecule has 0 saturated heterocycles. The van der Waals surface area contributed by atoms with Gasteiger partial charge in [0.1, 0.15) is 0 Å². The van der Waals surface area contributed by atoms with Crippen molar-refractivity contribution in [2.24, 2.45) is 0 Å². The van der Waals surface area contributed by atoms with Gasteiger partial charge in [0.05, 0.1) is 12.7 Å². The first-order chi connectivity index (χ1) is 8.71. The highest BCUT2D eigenvalue weighted by Gasteiger charge is 2.07. The molecule has 0 saturated carbocycles. The lowest BCUT2D eigenvalue weighted by atomic mass is 10.1. The zero-order valence-corrected chi connectivity index (χ0v) is 11.9. The van der Waals surface area contributed by atoms with Gasteiger partial charge in [-0.25, -0.2) is 4.79 Å². The predicted molar refractivity (Wildman–Crippen MR) is 74.5 cm³/mol. The average Bonchev–Trinajstić information content (AvgIpc) is 2.39. The fourth-order valence-electron chi connectivity index (χ4n) is 1.63. The minimum Gasteiger partial charge on any atom is -0.465 e. The third-order valence-electron chi connectivity index (χ3n) is 2.58. The number of hydrogen-bond donors (Lipinski definition) is 0. The summed E-state index contributed by atoms with van der Waals surface area (Å²) in [6.45, 7) is 2.38. The van der Waals surface area contributed by atoms with E-state index in [2.05, 4.69) is 9.64 Å². The van der Waals surface area contributed by atoms with Gasteiger partial charge in [-0.2, -0.15) is 0 Å². The number of halogens is 2. The molecule has 0 amide bonds. The molecule has 1 aromatic carbocycles. The first kappa shape index (κ1) is 15.3. The lowest BCUT2D eigenvalue weighted by Crippen LogP contribution is -2.27. The van der Waals surface area contributed by atoms with Gasteiger partial charge in [-0.15, -0.1) is 23.2 Å². The maximum absolute atomic E-state index is 11.3. The topological polar surface area (TPSA) is 29.5 Å². The number of ether oxygens (including phenoxy) is 1. The Morgan fingerprint density at radius 1 is 1.17 bits per heavy atom. The molecule has 3 nitrogen and oxygen atoms in total. The molecule has 0 radical (unpaired) electrons. The molecule has 0 aromatic heterocycles. The molecule has 0 aliphatic rings. The molecule has 0 heterocycles. The molecule has 1 aromatic rings. The summed E-state index contributed by atoms with van der Waals surface area (Å²) in [6.07, 6.45) is 0. The summed E-state index contributed by atoms with van der Waals surface area (Å²) in [6, 6.07) is 7.37. The van der Waals surface area contributed by atoms with Crippen LogP contribution in [-0.2, 0) is 11.3 Å². The molecule has 0 spiro atoms. The van der Waals surface area contributed by atoms with Crippen molar-refractivity contribution in [3.8, 4) is 0 Å². The molecule has 0 aliphatic heterocycles. The van der Waals surface area contributed by atoms with Crippen LogP contribution in [0, 0.1) is 0 Å². The largest absolute Gasteiger partial charge is 0.465 e. The molecule has 0 unspecified atom stereocenters. The van der Waals surface area contributed by atoms with Crippen LogP contribution < -0.4 is 0 Å². The monoisotopic (exact) mass is 289 g/mol. The van der Waals surface area contributed by atoms with Crippen LogP contribution in [-0.4, -0.2) is 42.8 Å². The average molecular weight is 290 g/mol. The van der Waals surface area contributed by atoms with E-state index in [0.29, 0.717) is 17.3 Å². The Morgan fingerprint density at radius 3 is 2.17 bits per heavy atom. The number of carbonyl (C=O) groups excluding carboxylic acids is 1. The molecule has 5 heteroatoms. The van der Waals surface area contributed by atoms with Gasteiger partial charge in [-0.1, -0.05) is 12.1 Å². The van der Waals surface area contributed by atoms with Gasteiger partial charge in [-0.3, -0.25) is 4.90 Å². The van der Waals surface area contributed by atoms with Gasteiger partial charge in [0.2, 0.25) is 0 Å². The molecule has 0 N–H and O–H groups in total. The standard InChI is InChI=1S/C13H17Cl2NO2/c1-18-13(17)12-4-2-11(3-5-12)10-16(8-6-14)9-7-15/h2-5H,6-10H2,1H3. The molecule has 0 fully saturated rings. The SMILES string of the molecule is COC(=O)c1ccc(CN(CCCl)CCCl)cc1. The van der Waals surface area contributed by atoms with Crippen LogP contribution in [0.25, 0.3) is 0 Å². The van der Waals surface area contributed by atoms with Crippen molar-refractivity contribution in [2.75, 3.05) is 32.0 Å². The van der Waals surface area contributed by atoms with Crippen molar-refractivity contribution < 1.29 is 9.53 Å². The Balaban J connectivity index is 2.63. The van der Waals surface area contributed by atoms with Crippen LogP contribution in [0.1, 0.15) is 15.9 Å². The van der Waals surface area contributed by atoms with E-state index in [-0.39, 0.29) is 5.97 Å². The minimum atomic E-state index is -0.320. The van der Waals surface area contributed by atoms with Gasteiger partial charge < -0.3 is 4.74 Å². The second kappa shape index (κ2) is 8.35. The first-order valence-electron chi connectivity index (χ1n) is 5.72. The zero-order valence-electron chi connectivity index (χ0n) is 10.4. The second-order valence-electron chi connectivity index (χ2n) is 3.84. The summed E-state index contributed by atoms with van der Waals surface area (Å²) in [5.41, 5.74) is 1.68. The van der Waals surface area contributed by atoms with Gasteiger partial charge >= 0.3 is 5.97 Å². The number of alkyl halides is 2. The van der Waals surface area contributed by atoms with Crippen molar-refractivity contribution in [3.63, 3.8) is 0 Å². The summed E-state index contributed by atoms with van der Waals surface area (Å²) in [7, 11) is 1.37. The maximum Gasteiger partial charge on any atom is 0.337 e. The third kappa shape index (κ3) is 4.84. The molecule has 1 rings (SSSR count). The zero-order chi connectivity index (χ0) is 13.4. The molecular formula is C13H17Cl2NO2. The number of hydrogen-bond acceptors (Lipinski definition) is 3. The van der Waals surface area contributed by atoms with Crippen LogP contribution in [0.2, 0.25) is 0 Å². The summed E-state index contributed by atoms with van der Waals surface area (Å²) >= 11 is 11.5. The maximum atomic E-state index is 11.3. The van der Waals surface area contributed by atoms with E-state index in [1.165, 1.54) is 7.11 Å². The fraction of sp³-hybridized carbons (Fsp3) is 0.462. The lowest BCUT2D eigenvalue weighted by molar-refractivity contribution is 0.0600. The fourth-order valence-corrected chi connectivity index (χ4v) is 2.11. The van der Waals surface area contributed by atoms with Crippen molar-refractivity contribution in [1.29, 1.82) is 0 Å². The quantitative estimate of drug-likeness (QED) is 0.571. The predicted octanol–water partition coefficient (Wildman–Crippen LogP) is 2.75. The number of carbonyl (C=O) groups is 1. The van der Waals surface area contributed by atoms with Gasteiger partial charge in [-0.05, 0) is 17.7 Å². The van der Waals surface area contributed by atoms with Crippen molar-refractivity contribution in [1.82, 2.24) is 4.90 Å². The van der Waals surface area contributed by atoms with E-state index < -0.39 is 0 Å². The van der Waals surface area contributed by atoms with Gasteiger partial charge in [0.25, 0.3) is 0 Å². The number of benzene rings is 1. The molecule has 100 valence electrons. The molecule has 0 bridgehead atoms. The lowest BCUT2D eigenvalue weighted by Gasteiger charge is -2.20.